The highest BCUT2D eigenvalue weighted by Gasteiger charge is 2.42. The molecule has 1 aromatic carbocycles. The summed E-state index contributed by atoms with van der Waals surface area (Å²) in [5, 5.41) is 19.4. The first-order valence-electron chi connectivity index (χ1n) is 6.77. The Kier molecular flexibility index (Phi) is 5.27. The molecule has 2 unspecified atom stereocenters. The number of esters is 1. The maximum Gasteiger partial charge on any atom is 0.337 e. The van der Waals surface area contributed by atoms with Gasteiger partial charge in [-0.2, -0.15) is 5.26 Å². The van der Waals surface area contributed by atoms with E-state index in [1.807, 2.05) is 6.07 Å². The first-order valence-corrected chi connectivity index (χ1v) is 7.53. The van der Waals surface area contributed by atoms with Gasteiger partial charge in [0.1, 0.15) is 12.0 Å². The van der Waals surface area contributed by atoms with E-state index < -0.39 is 23.8 Å². The molecule has 1 heterocycles. The zero-order valence-electron chi connectivity index (χ0n) is 12.7. The van der Waals surface area contributed by atoms with Crippen LogP contribution in [0.3, 0.4) is 0 Å². The number of allylic oxidation sites excluding steroid dienone is 1. The van der Waals surface area contributed by atoms with Crippen LogP contribution in [0.25, 0.3) is 0 Å². The SMILES string of the molecule is COC(=O)C1=C(C#N)N=C(C)C(C(=O)O)C1c1ccc(Cl)c(Cl)c1. The van der Waals surface area contributed by atoms with Gasteiger partial charge in [-0.05, 0) is 24.6 Å². The number of benzene rings is 1. The Morgan fingerprint density at radius 2 is 2.00 bits per heavy atom. The van der Waals surface area contributed by atoms with Crippen LogP contribution in [-0.2, 0) is 14.3 Å². The van der Waals surface area contributed by atoms with Crippen LogP contribution in [0.2, 0.25) is 10.0 Å². The molecule has 1 aromatic rings. The van der Waals surface area contributed by atoms with E-state index in [-0.39, 0.29) is 27.0 Å². The van der Waals surface area contributed by atoms with Gasteiger partial charge >= 0.3 is 11.9 Å². The minimum Gasteiger partial charge on any atom is -0.481 e. The lowest BCUT2D eigenvalue weighted by Crippen LogP contribution is -2.35. The van der Waals surface area contributed by atoms with Gasteiger partial charge in [-0.3, -0.25) is 4.79 Å². The molecular formula is C16H12Cl2N2O4. The van der Waals surface area contributed by atoms with Crippen molar-refractivity contribution in [2.75, 3.05) is 7.11 Å². The van der Waals surface area contributed by atoms with Gasteiger partial charge in [-0.25, -0.2) is 9.79 Å². The number of carboxylic acid groups (broad SMARTS) is 1. The van der Waals surface area contributed by atoms with E-state index in [1.54, 1.807) is 6.07 Å². The number of aliphatic imine (C=N–C) groups is 1. The fraction of sp³-hybridized carbons (Fsp3) is 0.250. The van der Waals surface area contributed by atoms with Crippen LogP contribution in [-0.4, -0.2) is 29.9 Å². The van der Waals surface area contributed by atoms with Crippen LogP contribution < -0.4 is 0 Å². The van der Waals surface area contributed by atoms with E-state index in [2.05, 4.69) is 4.99 Å². The molecule has 1 aliphatic rings. The molecule has 0 fully saturated rings. The fourth-order valence-electron chi connectivity index (χ4n) is 2.67. The lowest BCUT2D eigenvalue weighted by molar-refractivity contribution is -0.140. The van der Waals surface area contributed by atoms with Gasteiger partial charge in [0.25, 0.3) is 0 Å². The topological polar surface area (TPSA) is 99.8 Å². The van der Waals surface area contributed by atoms with Gasteiger partial charge in [-0.1, -0.05) is 29.3 Å². The molecule has 0 aliphatic carbocycles. The highest BCUT2D eigenvalue weighted by molar-refractivity contribution is 6.42. The van der Waals surface area contributed by atoms with E-state index >= 15 is 0 Å². The van der Waals surface area contributed by atoms with E-state index in [0.717, 1.165) is 7.11 Å². The molecule has 0 aromatic heterocycles. The largest absolute Gasteiger partial charge is 0.481 e. The zero-order valence-corrected chi connectivity index (χ0v) is 14.2. The van der Waals surface area contributed by atoms with Crippen LogP contribution in [0.1, 0.15) is 18.4 Å². The Labute approximate surface area is 148 Å². The van der Waals surface area contributed by atoms with Crippen LogP contribution in [0, 0.1) is 17.2 Å². The van der Waals surface area contributed by atoms with Gasteiger partial charge in [0, 0.05) is 11.6 Å². The minimum absolute atomic E-state index is 0.114. The van der Waals surface area contributed by atoms with Crippen molar-refractivity contribution >= 4 is 40.9 Å². The fourth-order valence-corrected chi connectivity index (χ4v) is 2.97. The first kappa shape index (κ1) is 18.0. The molecule has 1 N–H and O–H groups in total. The van der Waals surface area contributed by atoms with E-state index in [1.165, 1.54) is 19.1 Å². The number of hydrogen-bond donors (Lipinski definition) is 1. The van der Waals surface area contributed by atoms with Crippen LogP contribution in [0.4, 0.5) is 0 Å². The summed E-state index contributed by atoms with van der Waals surface area (Å²) >= 11 is 11.9. The van der Waals surface area contributed by atoms with Crippen LogP contribution in [0.15, 0.2) is 34.5 Å². The summed E-state index contributed by atoms with van der Waals surface area (Å²) in [4.78, 5) is 27.9. The number of hydrogen-bond acceptors (Lipinski definition) is 5. The predicted octanol–water partition coefficient (Wildman–Crippen LogP) is 3.20. The molecule has 124 valence electrons. The number of nitrogens with zero attached hydrogens (tertiary/aromatic N) is 2. The quantitative estimate of drug-likeness (QED) is 0.827. The monoisotopic (exact) mass is 366 g/mol. The van der Waals surface area contributed by atoms with Crippen molar-refractivity contribution in [3.63, 3.8) is 0 Å². The average molecular weight is 367 g/mol. The standard InChI is InChI=1S/C16H12Cl2N2O4/c1-7-12(15(21)22)13(8-3-4-9(17)10(18)5-8)14(16(23)24-2)11(6-19)20-7/h3-5,12-13H,1-2H3,(H,21,22). The van der Waals surface area contributed by atoms with E-state index in [4.69, 9.17) is 27.9 Å². The maximum atomic E-state index is 12.2. The molecule has 2 rings (SSSR count). The molecule has 0 amide bonds. The van der Waals surface area contributed by atoms with Crippen molar-refractivity contribution in [3.05, 3.63) is 45.1 Å². The van der Waals surface area contributed by atoms with Gasteiger partial charge < -0.3 is 9.84 Å². The molecular weight excluding hydrogens is 355 g/mol. The van der Waals surface area contributed by atoms with Crippen molar-refractivity contribution in [2.45, 2.75) is 12.8 Å². The number of methoxy groups -OCH3 is 1. The molecule has 0 spiro atoms. The second-order valence-corrected chi connectivity index (χ2v) is 5.90. The second-order valence-electron chi connectivity index (χ2n) is 5.09. The lowest BCUT2D eigenvalue weighted by atomic mass is 9.75. The van der Waals surface area contributed by atoms with Crippen molar-refractivity contribution in [1.29, 1.82) is 5.26 Å². The third-order valence-electron chi connectivity index (χ3n) is 3.72. The molecule has 0 saturated heterocycles. The smallest absolute Gasteiger partial charge is 0.337 e. The van der Waals surface area contributed by atoms with E-state index in [9.17, 15) is 20.0 Å². The third-order valence-corrected chi connectivity index (χ3v) is 4.46. The Balaban J connectivity index is 2.76. The molecule has 0 saturated carbocycles. The molecule has 0 radical (unpaired) electrons. The Morgan fingerprint density at radius 1 is 1.33 bits per heavy atom. The number of carbonyl (C=O) groups excluding carboxylic acids is 1. The molecule has 24 heavy (non-hydrogen) atoms. The molecule has 0 bridgehead atoms. The minimum atomic E-state index is -1.18. The number of carbonyl (C=O) groups is 2. The number of carboxylic acids is 1. The summed E-state index contributed by atoms with van der Waals surface area (Å²) in [6.07, 6.45) is 0. The molecule has 2 atom stereocenters. The van der Waals surface area contributed by atoms with Crippen molar-refractivity contribution in [2.24, 2.45) is 10.9 Å². The van der Waals surface area contributed by atoms with Gasteiger partial charge in [0.2, 0.25) is 0 Å². The average Bonchev–Trinajstić information content (AvgIpc) is 2.55. The number of rotatable bonds is 3. The molecule has 8 heteroatoms. The predicted molar refractivity (Wildman–Crippen MR) is 88.1 cm³/mol. The second kappa shape index (κ2) is 7.04. The first-order chi connectivity index (χ1) is 11.3. The number of nitriles is 1. The maximum absolute atomic E-state index is 12.2. The summed E-state index contributed by atoms with van der Waals surface area (Å²) in [7, 11) is 1.15. The lowest BCUT2D eigenvalue weighted by Gasteiger charge is -2.29. The Bertz CT molecular complexity index is 824. The van der Waals surface area contributed by atoms with Gasteiger partial charge in [-0.15, -0.1) is 0 Å². The van der Waals surface area contributed by atoms with Crippen LogP contribution >= 0.6 is 23.2 Å². The number of halogens is 2. The molecule has 6 nitrogen and oxygen atoms in total. The summed E-state index contributed by atoms with van der Waals surface area (Å²) < 4.78 is 4.72. The number of aliphatic carboxylic acids is 1. The zero-order chi connectivity index (χ0) is 18.0. The molecule has 1 aliphatic heterocycles. The van der Waals surface area contributed by atoms with Crippen molar-refractivity contribution in [1.82, 2.24) is 0 Å². The summed E-state index contributed by atoms with van der Waals surface area (Å²) in [6.45, 7) is 1.49. The highest BCUT2D eigenvalue weighted by atomic mass is 35.5. The van der Waals surface area contributed by atoms with Crippen molar-refractivity contribution < 1.29 is 19.4 Å². The highest BCUT2D eigenvalue weighted by Crippen LogP contribution is 2.41. The number of ether oxygens (including phenoxy) is 1. The summed E-state index contributed by atoms with van der Waals surface area (Å²) in [5.74, 6) is -4.08. The van der Waals surface area contributed by atoms with E-state index in [0.29, 0.717) is 5.56 Å². The van der Waals surface area contributed by atoms with Gasteiger partial charge in [0.15, 0.2) is 5.70 Å². The van der Waals surface area contributed by atoms with Crippen molar-refractivity contribution in [3.8, 4) is 6.07 Å². The summed E-state index contributed by atoms with van der Waals surface area (Å²) in [6, 6.07) is 6.36. The third kappa shape index (κ3) is 3.14. The summed E-state index contributed by atoms with van der Waals surface area (Å²) in [5.41, 5.74) is 0.353. The van der Waals surface area contributed by atoms with Crippen LogP contribution in [0.5, 0.6) is 0 Å². The normalized spacial score (nSPS) is 20.2. The Morgan fingerprint density at radius 3 is 2.50 bits per heavy atom. The van der Waals surface area contributed by atoms with Gasteiger partial charge in [0.05, 0.1) is 22.7 Å². The Hall–Kier alpha value is -2.36.